The van der Waals surface area contributed by atoms with E-state index in [1.807, 2.05) is 22.6 Å². The number of hydrogen-bond donors (Lipinski definition) is 1. The molecule has 0 bridgehead atoms. The van der Waals surface area contributed by atoms with E-state index in [-0.39, 0.29) is 11.5 Å². The normalized spacial score (nSPS) is 11.0. The van der Waals surface area contributed by atoms with Gasteiger partial charge in [0, 0.05) is 13.1 Å². The Morgan fingerprint density at radius 2 is 2.23 bits per heavy atom. The zero-order valence-electron chi connectivity index (χ0n) is 6.77. The van der Waals surface area contributed by atoms with Crippen LogP contribution in [-0.4, -0.2) is 9.55 Å². The van der Waals surface area contributed by atoms with E-state index in [0.29, 0.717) is 14.6 Å². The van der Waals surface area contributed by atoms with Crippen LogP contribution in [0.1, 0.15) is 0 Å². The van der Waals surface area contributed by atoms with Crippen LogP contribution < -0.4 is 5.69 Å². The minimum absolute atomic E-state index is 0.226. The number of aromatic nitrogens is 2. The predicted molar refractivity (Wildman–Crippen MR) is 56.2 cm³/mol. The number of nitrogens with one attached hydrogen (secondary N) is 1. The van der Waals surface area contributed by atoms with Crippen molar-refractivity contribution < 1.29 is 4.39 Å². The van der Waals surface area contributed by atoms with Crippen LogP contribution in [-0.2, 0) is 7.05 Å². The Kier molecular flexibility index (Phi) is 1.90. The molecule has 0 aliphatic rings. The summed E-state index contributed by atoms with van der Waals surface area (Å²) >= 11 is 1.89. The maximum Gasteiger partial charge on any atom is 0.326 e. The SMILES string of the molecule is Cn1c(=O)[nH]c2cc(I)c(F)cc21. The molecule has 3 nitrogen and oxygen atoms in total. The molecule has 0 atom stereocenters. The Morgan fingerprint density at radius 1 is 1.54 bits per heavy atom. The van der Waals surface area contributed by atoms with E-state index in [9.17, 15) is 9.18 Å². The molecular formula is C8H6FIN2O. The first-order valence-corrected chi connectivity index (χ1v) is 4.71. The van der Waals surface area contributed by atoms with Crippen LogP contribution in [0, 0.1) is 9.39 Å². The molecule has 0 radical (unpaired) electrons. The highest BCUT2D eigenvalue weighted by Gasteiger charge is 2.06. The van der Waals surface area contributed by atoms with Crippen molar-refractivity contribution in [2.75, 3.05) is 0 Å². The Labute approximate surface area is 86.7 Å². The van der Waals surface area contributed by atoms with Gasteiger partial charge >= 0.3 is 5.69 Å². The summed E-state index contributed by atoms with van der Waals surface area (Å²) in [7, 11) is 1.60. The molecule has 0 aliphatic heterocycles. The average molecular weight is 292 g/mol. The fourth-order valence-corrected chi connectivity index (χ4v) is 1.69. The van der Waals surface area contributed by atoms with E-state index >= 15 is 0 Å². The van der Waals surface area contributed by atoms with Crippen molar-refractivity contribution in [3.63, 3.8) is 0 Å². The third kappa shape index (κ3) is 1.27. The minimum Gasteiger partial charge on any atom is -0.306 e. The van der Waals surface area contributed by atoms with Crippen LogP contribution in [0.15, 0.2) is 16.9 Å². The molecule has 0 amide bonds. The molecule has 1 heterocycles. The number of rotatable bonds is 0. The highest BCUT2D eigenvalue weighted by molar-refractivity contribution is 14.1. The second-order valence-electron chi connectivity index (χ2n) is 2.77. The zero-order valence-corrected chi connectivity index (χ0v) is 8.92. The van der Waals surface area contributed by atoms with Crippen molar-refractivity contribution >= 4 is 33.6 Å². The molecule has 5 heteroatoms. The number of nitrogens with zero attached hydrogens (tertiary/aromatic N) is 1. The molecule has 0 saturated carbocycles. The van der Waals surface area contributed by atoms with Gasteiger partial charge < -0.3 is 4.98 Å². The van der Waals surface area contributed by atoms with E-state index in [1.54, 1.807) is 13.1 Å². The smallest absolute Gasteiger partial charge is 0.306 e. The van der Waals surface area contributed by atoms with Crippen molar-refractivity contribution in [2.24, 2.45) is 7.05 Å². The van der Waals surface area contributed by atoms with Gasteiger partial charge in [0.2, 0.25) is 0 Å². The largest absolute Gasteiger partial charge is 0.326 e. The summed E-state index contributed by atoms with van der Waals surface area (Å²) in [5.74, 6) is -0.303. The molecule has 1 N–H and O–H groups in total. The number of imidazole rings is 1. The Morgan fingerprint density at radius 3 is 2.92 bits per heavy atom. The summed E-state index contributed by atoms with van der Waals surface area (Å²) in [4.78, 5) is 13.8. The summed E-state index contributed by atoms with van der Waals surface area (Å²) in [6.07, 6.45) is 0. The van der Waals surface area contributed by atoms with Gasteiger partial charge in [-0.25, -0.2) is 9.18 Å². The van der Waals surface area contributed by atoms with Crippen molar-refractivity contribution in [2.45, 2.75) is 0 Å². The van der Waals surface area contributed by atoms with Crippen LogP contribution in [0.4, 0.5) is 4.39 Å². The number of halogens is 2. The van der Waals surface area contributed by atoms with Crippen LogP contribution in [0.25, 0.3) is 11.0 Å². The maximum atomic E-state index is 13.1. The van der Waals surface area contributed by atoms with Gasteiger partial charge in [0.05, 0.1) is 14.6 Å². The lowest BCUT2D eigenvalue weighted by Crippen LogP contribution is -2.11. The Balaban J connectivity index is 2.97. The molecule has 13 heavy (non-hydrogen) atoms. The van der Waals surface area contributed by atoms with Crippen LogP contribution in [0.3, 0.4) is 0 Å². The average Bonchev–Trinajstić information content (AvgIpc) is 2.32. The summed E-state index contributed by atoms with van der Waals surface area (Å²) in [5, 5.41) is 0. The van der Waals surface area contributed by atoms with Gasteiger partial charge in [0.25, 0.3) is 0 Å². The first-order valence-electron chi connectivity index (χ1n) is 3.63. The third-order valence-corrected chi connectivity index (χ3v) is 2.77. The first kappa shape index (κ1) is 8.74. The topological polar surface area (TPSA) is 37.8 Å². The molecule has 2 aromatic rings. The molecule has 0 fully saturated rings. The van der Waals surface area contributed by atoms with E-state index in [2.05, 4.69) is 4.98 Å². The number of hydrogen-bond acceptors (Lipinski definition) is 1. The van der Waals surface area contributed by atoms with Gasteiger partial charge in [-0.2, -0.15) is 0 Å². The van der Waals surface area contributed by atoms with Crippen LogP contribution >= 0.6 is 22.6 Å². The second-order valence-corrected chi connectivity index (χ2v) is 3.93. The standard InChI is InChI=1S/C8H6FIN2O/c1-12-7-2-4(9)5(10)3-6(7)11-8(12)13/h2-3H,1H3,(H,11,13). The molecule has 0 spiro atoms. The van der Waals surface area contributed by atoms with Gasteiger partial charge in [0.15, 0.2) is 0 Å². The van der Waals surface area contributed by atoms with E-state index in [4.69, 9.17) is 0 Å². The fourth-order valence-electron chi connectivity index (χ4n) is 1.22. The molecular weight excluding hydrogens is 286 g/mol. The van der Waals surface area contributed by atoms with E-state index in [0.717, 1.165) is 0 Å². The summed E-state index contributed by atoms with van der Waals surface area (Å²) in [6.45, 7) is 0. The van der Waals surface area contributed by atoms with Crippen LogP contribution in [0.2, 0.25) is 0 Å². The van der Waals surface area contributed by atoms with Crippen molar-refractivity contribution in [1.82, 2.24) is 9.55 Å². The lowest BCUT2D eigenvalue weighted by Gasteiger charge is -1.95. The number of fused-ring (bicyclic) bond motifs is 1. The predicted octanol–water partition coefficient (Wildman–Crippen LogP) is 1.61. The Hall–Kier alpha value is -0.850. The third-order valence-electron chi connectivity index (χ3n) is 1.95. The monoisotopic (exact) mass is 292 g/mol. The molecule has 1 aromatic heterocycles. The molecule has 1 aromatic carbocycles. The van der Waals surface area contributed by atoms with Gasteiger partial charge in [0.1, 0.15) is 5.82 Å². The van der Waals surface area contributed by atoms with Crippen molar-refractivity contribution in [3.05, 3.63) is 32.0 Å². The van der Waals surface area contributed by atoms with E-state index < -0.39 is 0 Å². The van der Waals surface area contributed by atoms with Gasteiger partial charge in [-0.3, -0.25) is 4.57 Å². The molecule has 68 valence electrons. The summed E-state index contributed by atoms with van der Waals surface area (Å²) < 4.78 is 15.0. The lowest BCUT2D eigenvalue weighted by molar-refractivity contribution is 0.621. The Bertz CT molecular complexity index is 529. The molecule has 0 saturated heterocycles. The number of H-pyrrole nitrogens is 1. The maximum absolute atomic E-state index is 13.1. The number of aryl methyl sites for hydroxylation is 1. The number of benzene rings is 1. The second kappa shape index (κ2) is 2.83. The minimum atomic E-state index is -0.303. The highest BCUT2D eigenvalue weighted by Crippen LogP contribution is 2.17. The first-order chi connectivity index (χ1) is 6.09. The van der Waals surface area contributed by atoms with Crippen molar-refractivity contribution in [3.8, 4) is 0 Å². The number of aromatic amines is 1. The summed E-state index contributed by atoms with van der Waals surface area (Å²) in [5.41, 5.74) is 1.03. The molecule has 0 aliphatic carbocycles. The molecule has 2 rings (SSSR count). The van der Waals surface area contributed by atoms with Gasteiger partial charge in [-0.15, -0.1) is 0 Å². The fraction of sp³-hybridized carbons (Fsp3) is 0.125. The van der Waals surface area contributed by atoms with Gasteiger partial charge in [-0.05, 0) is 28.7 Å². The van der Waals surface area contributed by atoms with Crippen molar-refractivity contribution in [1.29, 1.82) is 0 Å². The van der Waals surface area contributed by atoms with Gasteiger partial charge in [-0.1, -0.05) is 0 Å². The van der Waals surface area contributed by atoms with Crippen LogP contribution in [0.5, 0.6) is 0 Å². The highest BCUT2D eigenvalue weighted by atomic mass is 127. The lowest BCUT2D eigenvalue weighted by atomic mass is 10.3. The molecule has 0 unspecified atom stereocenters. The quantitative estimate of drug-likeness (QED) is 0.736. The van der Waals surface area contributed by atoms with E-state index in [1.165, 1.54) is 10.6 Å². The zero-order chi connectivity index (χ0) is 9.59. The summed E-state index contributed by atoms with van der Waals surface area (Å²) in [6, 6.07) is 2.97.